The van der Waals surface area contributed by atoms with Gasteiger partial charge < -0.3 is 20.5 Å². The molecule has 1 aromatic rings. The van der Waals surface area contributed by atoms with Gasteiger partial charge in [-0.25, -0.2) is 0 Å². The smallest absolute Gasteiger partial charge is 0.237 e. The lowest BCUT2D eigenvalue weighted by atomic mass is 10.1. The van der Waals surface area contributed by atoms with E-state index >= 15 is 0 Å². The molecule has 0 aromatic heterocycles. The highest BCUT2D eigenvalue weighted by atomic mass is 16.5. The Bertz CT molecular complexity index is 473. The van der Waals surface area contributed by atoms with E-state index in [2.05, 4.69) is 10.6 Å². The van der Waals surface area contributed by atoms with Crippen molar-refractivity contribution in [1.29, 1.82) is 0 Å². The molecule has 5 heteroatoms. The summed E-state index contributed by atoms with van der Waals surface area (Å²) in [6, 6.07) is 7.36. The van der Waals surface area contributed by atoms with Gasteiger partial charge in [-0.05, 0) is 44.9 Å². The lowest BCUT2D eigenvalue weighted by Gasteiger charge is -2.18. The number of ether oxygens (including phenoxy) is 1. The van der Waals surface area contributed by atoms with Crippen molar-refractivity contribution in [3.05, 3.63) is 29.8 Å². The molecular weight excluding hydrogens is 268 g/mol. The molecule has 0 spiro atoms. The van der Waals surface area contributed by atoms with E-state index in [1.54, 1.807) is 0 Å². The summed E-state index contributed by atoms with van der Waals surface area (Å²) in [4.78, 5) is 12.1. The van der Waals surface area contributed by atoms with Crippen LogP contribution in [-0.4, -0.2) is 35.8 Å². The summed E-state index contributed by atoms with van der Waals surface area (Å²) in [5.41, 5.74) is 1.03. The molecular formula is C16H24N2O3. The molecule has 1 aliphatic rings. The summed E-state index contributed by atoms with van der Waals surface area (Å²) in [6.45, 7) is 6.40. The van der Waals surface area contributed by atoms with Crippen LogP contribution in [0.4, 0.5) is 0 Å². The number of rotatable bonds is 5. The fourth-order valence-corrected chi connectivity index (χ4v) is 2.42. The van der Waals surface area contributed by atoms with Gasteiger partial charge in [0.05, 0.1) is 24.3 Å². The number of amides is 1. The highest BCUT2D eigenvalue weighted by Gasteiger charge is 2.28. The van der Waals surface area contributed by atoms with Gasteiger partial charge >= 0.3 is 0 Å². The molecule has 0 unspecified atom stereocenters. The minimum atomic E-state index is -0.427. The number of aliphatic hydroxyl groups excluding tert-OH is 1. The van der Waals surface area contributed by atoms with Gasteiger partial charge in [0, 0.05) is 6.54 Å². The van der Waals surface area contributed by atoms with Crippen LogP contribution in [0.15, 0.2) is 24.3 Å². The van der Waals surface area contributed by atoms with E-state index in [0.29, 0.717) is 13.0 Å². The normalized spacial score (nSPS) is 23.1. The van der Waals surface area contributed by atoms with Crippen molar-refractivity contribution < 1.29 is 14.6 Å². The fourth-order valence-electron chi connectivity index (χ4n) is 2.42. The first-order chi connectivity index (χ1) is 9.95. The molecule has 1 saturated heterocycles. The maximum atomic E-state index is 12.1. The van der Waals surface area contributed by atoms with E-state index in [1.807, 2.05) is 45.0 Å². The van der Waals surface area contributed by atoms with Gasteiger partial charge in [-0.1, -0.05) is 12.1 Å². The molecule has 0 aliphatic carbocycles. The van der Waals surface area contributed by atoms with E-state index in [1.165, 1.54) is 0 Å². The van der Waals surface area contributed by atoms with Crippen LogP contribution in [0, 0.1) is 0 Å². The van der Waals surface area contributed by atoms with Crippen LogP contribution >= 0.6 is 0 Å². The van der Waals surface area contributed by atoms with E-state index in [-0.39, 0.29) is 24.1 Å². The van der Waals surface area contributed by atoms with Gasteiger partial charge in [-0.2, -0.15) is 0 Å². The zero-order valence-corrected chi connectivity index (χ0v) is 12.8. The summed E-state index contributed by atoms with van der Waals surface area (Å²) in [7, 11) is 0. The zero-order chi connectivity index (χ0) is 15.4. The summed E-state index contributed by atoms with van der Waals surface area (Å²) >= 11 is 0. The van der Waals surface area contributed by atoms with E-state index in [0.717, 1.165) is 11.3 Å². The number of nitrogens with one attached hydrogen (secondary N) is 2. The number of hydrogen-bond donors (Lipinski definition) is 3. The molecule has 21 heavy (non-hydrogen) atoms. The second kappa shape index (κ2) is 6.91. The molecule has 116 valence electrons. The molecule has 2 rings (SSSR count). The van der Waals surface area contributed by atoms with Crippen LogP contribution in [0.25, 0.3) is 0 Å². The van der Waals surface area contributed by atoms with Crippen LogP contribution in [0.1, 0.15) is 38.8 Å². The van der Waals surface area contributed by atoms with Crippen LogP contribution in [0.5, 0.6) is 5.75 Å². The molecule has 1 aliphatic heterocycles. The van der Waals surface area contributed by atoms with Crippen molar-refractivity contribution in [2.75, 3.05) is 6.54 Å². The molecule has 1 fully saturated rings. The minimum absolute atomic E-state index is 0.0680. The maximum Gasteiger partial charge on any atom is 0.237 e. The van der Waals surface area contributed by atoms with E-state index in [4.69, 9.17) is 4.74 Å². The van der Waals surface area contributed by atoms with E-state index < -0.39 is 6.10 Å². The lowest BCUT2D eigenvalue weighted by molar-refractivity contribution is -0.123. The SMILES string of the molecule is CC(C)Oc1ccc([C@H](C)NC(=O)[C@@H]2C[C@H](O)CN2)cc1. The third kappa shape index (κ3) is 4.44. The first kappa shape index (κ1) is 15.8. The Morgan fingerprint density at radius 2 is 2.00 bits per heavy atom. The molecule has 0 saturated carbocycles. The highest BCUT2D eigenvalue weighted by Crippen LogP contribution is 2.19. The number of carbonyl (C=O) groups excluding carboxylic acids is 1. The highest BCUT2D eigenvalue weighted by molar-refractivity contribution is 5.82. The Hall–Kier alpha value is -1.59. The number of β-amino-alcohol motifs (C(OH)–C–C–N with tert-alkyl or cyclic N) is 1. The third-order valence-corrected chi connectivity index (χ3v) is 3.53. The van der Waals surface area contributed by atoms with Crippen molar-refractivity contribution in [2.45, 2.75) is 51.5 Å². The molecule has 3 N–H and O–H groups in total. The van der Waals surface area contributed by atoms with Gasteiger partial charge in [0.25, 0.3) is 0 Å². The predicted octanol–water partition coefficient (Wildman–Crippen LogP) is 1.37. The summed E-state index contributed by atoms with van der Waals surface area (Å²) in [5.74, 6) is 0.759. The summed E-state index contributed by atoms with van der Waals surface area (Å²) < 4.78 is 5.60. The average molecular weight is 292 g/mol. The molecule has 1 amide bonds. The lowest BCUT2D eigenvalue weighted by Crippen LogP contribution is -2.41. The van der Waals surface area contributed by atoms with Crippen LogP contribution in [0.2, 0.25) is 0 Å². The van der Waals surface area contributed by atoms with Gasteiger partial charge in [0.15, 0.2) is 0 Å². The van der Waals surface area contributed by atoms with Gasteiger partial charge in [-0.3, -0.25) is 4.79 Å². The third-order valence-electron chi connectivity index (χ3n) is 3.53. The van der Waals surface area contributed by atoms with Gasteiger partial charge in [-0.15, -0.1) is 0 Å². The monoisotopic (exact) mass is 292 g/mol. The summed E-state index contributed by atoms with van der Waals surface area (Å²) in [5, 5.41) is 15.4. The fraction of sp³-hybridized carbons (Fsp3) is 0.562. The number of aliphatic hydroxyl groups is 1. The Labute approximate surface area is 125 Å². The molecule has 5 nitrogen and oxygen atoms in total. The van der Waals surface area contributed by atoms with Crippen molar-refractivity contribution >= 4 is 5.91 Å². The second-order valence-electron chi connectivity index (χ2n) is 5.82. The predicted molar refractivity (Wildman–Crippen MR) is 81.2 cm³/mol. The van der Waals surface area contributed by atoms with Crippen molar-refractivity contribution in [2.24, 2.45) is 0 Å². The molecule has 1 heterocycles. The average Bonchev–Trinajstić information content (AvgIpc) is 2.85. The summed E-state index contributed by atoms with van der Waals surface area (Å²) in [6.07, 6.45) is 0.191. The first-order valence-corrected chi connectivity index (χ1v) is 7.44. The van der Waals surface area contributed by atoms with Crippen LogP contribution < -0.4 is 15.4 Å². The second-order valence-corrected chi connectivity index (χ2v) is 5.82. The van der Waals surface area contributed by atoms with Crippen LogP contribution in [-0.2, 0) is 4.79 Å². The largest absolute Gasteiger partial charge is 0.491 e. The minimum Gasteiger partial charge on any atom is -0.491 e. The number of benzene rings is 1. The van der Waals surface area contributed by atoms with Crippen molar-refractivity contribution in [3.8, 4) is 5.75 Å². The molecule has 3 atom stereocenters. The van der Waals surface area contributed by atoms with Crippen molar-refractivity contribution in [1.82, 2.24) is 10.6 Å². The molecule has 0 radical (unpaired) electrons. The quantitative estimate of drug-likeness (QED) is 0.766. The van der Waals surface area contributed by atoms with E-state index in [9.17, 15) is 9.90 Å². The van der Waals surface area contributed by atoms with Gasteiger partial charge in [0.1, 0.15) is 5.75 Å². The molecule has 1 aromatic carbocycles. The Morgan fingerprint density at radius 1 is 1.33 bits per heavy atom. The molecule has 0 bridgehead atoms. The Kier molecular flexibility index (Phi) is 5.20. The standard InChI is InChI=1S/C16H24N2O3/c1-10(2)21-14-6-4-12(5-7-14)11(3)18-16(20)15-8-13(19)9-17-15/h4-7,10-11,13,15,17,19H,8-9H2,1-3H3,(H,18,20)/t11-,13-,15-/m0/s1. The van der Waals surface area contributed by atoms with Gasteiger partial charge in [0.2, 0.25) is 5.91 Å². The van der Waals surface area contributed by atoms with Crippen LogP contribution in [0.3, 0.4) is 0 Å². The Morgan fingerprint density at radius 3 is 2.52 bits per heavy atom. The number of carbonyl (C=O) groups is 1. The maximum absolute atomic E-state index is 12.1. The first-order valence-electron chi connectivity index (χ1n) is 7.44. The number of hydrogen-bond acceptors (Lipinski definition) is 4. The topological polar surface area (TPSA) is 70.6 Å². The van der Waals surface area contributed by atoms with Crippen molar-refractivity contribution in [3.63, 3.8) is 0 Å². The zero-order valence-electron chi connectivity index (χ0n) is 12.8. The Balaban J connectivity index is 1.90.